The van der Waals surface area contributed by atoms with E-state index in [1.807, 2.05) is 0 Å². The Kier molecular flexibility index (Phi) is 4.26. The second-order valence-electron chi connectivity index (χ2n) is 5.69. The molecule has 2 nitrogen and oxygen atoms in total. The summed E-state index contributed by atoms with van der Waals surface area (Å²) in [5.74, 6) is 0.947. The van der Waals surface area contributed by atoms with Gasteiger partial charge in [0.1, 0.15) is 0 Å². The fourth-order valence-electron chi connectivity index (χ4n) is 3.19. The van der Waals surface area contributed by atoms with Crippen LogP contribution in [0.1, 0.15) is 58.8 Å². The monoisotopic (exact) mass is 225 g/mol. The first-order chi connectivity index (χ1) is 7.78. The highest BCUT2D eigenvalue weighted by Gasteiger charge is 2.33. The van der Waals surface area contributed by atoms with Crippen LogP contribution in [-0.4, -0.2) is 24.8 Å². The molecule has 1 N–H and O–H groups in total. The predicted octanol–water partition coefficient (Wildman–Crippen LogP) is 3.11. The normalized spacial score (nSPS) is 30.8. The summed E-state index contributed by atoms with van der Waals surface area (Å²) in [4.78, 5) is 0. The van der Waals surface area contributed by atoms with Gasteiger partial charge in [-0.15, -0.1) is 0 Å². The average molecular weight is 225 g/mol. The van der Waals surface area contributed by atoms with Crippen LogP contribution in [0.25, 0.3) is 0 Å². The standard InChI is InChI=1S/C14H27NO/c1-3-14(4-2)11-16-13(10-15-14)9-12-7-5-6-8-12/h12-13,15H,3-11H2,1-2H3. The van der Waals surface area contributed by atoms with Crippen LogP contribution in [0.2, 0.25) is 0 Å². The summed E-state index contributed by atoms with van der Waals surface area (Å²) in [6, 6.07) is 0. The smallest absolute Gasteiger partial charge is 0.0703 e. The van der Waals surface area contributed by atoms with Crippen LogP contribution >= 0.6 is 0 Å². The van der Waals surface area contributed by atoms with Crippen molar-refractivity contribution in [1.82, 2.24) is 5.32 Å². The van der Waals surface area contributed by atoms with Crippen molar-refractivity contribution in [2.45, 2.75) is 70.4 Å². The number of morpholine rings is 1. The third-order valence-corrected chi connectivity index (χ3v) is 4.72. The summed E-state index contributed by atoms with van der Waals surface area (Å²) in [7, 11) is 0. The maximum atomic E-state index is 6.08. The summed E-state index contributed by atoms with van der Waals surface area (Å²) < 4.78 is 6.08. The van der Waals surface area contributed by atoms with E-state index in [1.165, 1.54) is 44.9 Å². The van der Waals surface area contributed by atoms with Crippen molar-refractivity contribution in [1.29, 1.82) is 0 Å². The SMILES string of the molecule is CCC1(CC)COC(CC2CCCC2)CN1. The molecular formula is C14H27NO. The van der Waals surface area contributed by atoms with Crippen molar-refractivity contribution in [3.05, 3.63) is 0 Å². The second kappa shape index (κ2) is 5.50. The molecule has 1 atom stereocenters. The minimum Gasteiger partial charge on any atom is -0.375 e. The summed E-state index contributed by atoms with van der Waals surface area (Å²) in [5.41, 5.74) is 0.270. The summed E-state index contributed by atoms with van der Waals surface area (Å²) in [5, 5.41) is 3.73. The molecule has 1 aliphatic carbocycles. The largest absolute Gasteiger partial charge is 0.375 e. The zero-order chi connectivity index (χ0) is 11.4. The quantitative estimate of drug-likeness (QED) is 0.794. The first-order valence-electron chi connectivity index (χ1n) is 7.14. The first kappa shape index (κ1) is 12.4. The molecule has 2 heteroatoms. The topological polar surface area (TPSA) is 21.3 Å². The molecule has 2 aliphatic rings. The highest BCUT2D eigenvalue weighted by Crippen LogP contribution is 2.31. The molecule has 0 aromatic heterocycles. The number of nitrogens with one attached hydrogen (secondary N) is 1. The molecule has 0 aromatic rings. The summed E-state index contributed by atoms with van der Waals surface area (Å²) in [6.07, 6.45) is 9.89. The van der Waals surface area contributed by atoms with Gasteiger partial charge in [-0.25, -0.2) is 0 Å². The van der Waals surface area contributed by atoms with E-state index in [4.69, 9.17) is 4.74 Å². The third kappa shape index (κ3) is 2.78. The highest BCUT2D eigenvalue weighted by molar-refractivity contribution is 4.90. The first-order valence-corrected chi connectivity index (χ1v) is 7.14. The zero-order valence-corrected chi connectivity index (χ0v) is 10.9. The molecule has 2 fully saturated rings. The Balaban J connectivity index is 1.75. The van der Waals surface area contributed by atoms with Crippen molar-refractivity contribution in [3.63, 3.8) is 0 Å². The number of hydrogen-bond acceptors (Lipinski definition) is 2. The third-order valence-electron chi connectivity index (χ3n) is 4.72. The van der Waals surface area contributed by atoms with Crippen LogP contribution in [0.4, 0.5) is 0 Å². The van der Waals surface area contributed by atoms with Gasteiger partial charge in [0, 0.05) is 12.1 Å². The van der Waals surface area contributed by atoms with Gasteiger partial charge in [0.15, 0.2) is 0 Å². The van der Waals surface area contributed by atoms with E-state index in [0.29, 0.717) is 6.10 Å². The Hall–Kier alpha value is -0.0800. The minimum atomic E-state index is 0.270. The maximum absolute atomic E-state index is 6.08. The van der Waals surface area contributed by atoms with Crippen molar-refractivity contribution in [2.75, 3.05) is 13.2 Å². The van der Waals surface area contributed by atoms with Gasteiger partial charge < -0.3 is 10.1 Å². The molecule has 1 heterocycles. The molecule has 94 valence electrons. The van der Waals surface area contributed by atoms with Crippen molar-refractivity contribution >= 4 is 0 Å². The van der Waals surface area contributed by atoms with Crippen LogP contribution in [0.3, 0.4) is 0 Å². The molecule has 0 spiro atoms. The van der Waals surface area contributed by atoms with Crippen LogP contribution in [0.5, 0.6) is 0 Å². The van der Waals surface area contributed by atoms with Crippen LogP contribution in [0.15, 0.2) is 0 Å². The average Bonchev–Trinajstić information content (AvgIpc) is 2.83. The fraction of sp³-hybridized carbons (Fsp3) is 1.00. The van der Waals surface area contributed by atoms with Gasteiger partial charge in [0.2, 0.25) is 0 Å². The van der Waals surface area contributed by atoms with E-state index in [2.05, 4.69) is 19.2 Å². The Morgan fingerprint density at radius 1 is 1.19 bits per heavy atom. The van der Waals surface area contributed by atoms with Crippen molar-refractivity contribution in [3.8, 4) is 0 Å². The highest BCUT2D eigenvalue weighted by atomic mass is 16.5. The Labute approximate surface area is 100 Å². The van der Waals surface area contributed by atoms with E-state index in [0.717, 1.165) is 19.1 Å². The lowest BCUT2D eigenvalue weighted by atomic mass is 9.90. The van der Waals surface area contributed by atoms with Gasteiger partial charge in [-0.2, -0.15) is 0 Å². The van der Waals surface area contributed by atoms with E-state index in [1.54, 1.807) is 0 Å². The van der Waals surface area contributed by atoms with Crippen molar-refractivity contribution < 1.29 is 4.74 Å². The molecule has 16 heavy (non-hydrogen) atoms. The van der Waals surface area contributed by atoms with Gasteiger partial charge in [0.25, 0.3) is 0 Å². The molecule has 1 aliphatic heterocycles. The van der Waals surface area contributed by atoms with Gasteiger partial charge in [-0.05, 0) is 25.2 Å². The lowest BCUT2D eigenvalue weighted by Gasteiger charge is -2.41. The van der Waals surface area contributed by atoms with E-state index in [-0.39, 0.29) is 5.54 Å². The molecule has 0 bridgehead atoms. The molecule has 1 unspecified atom stereocenters. The Bertz CT molecular complexity index is 197. The predicted molar refractivity (Wildman–Crippen MR) is 67.6 cm³/mol. The molecule has 0 amide bonds. The van der Waals surface area contributed by atoms with Gasteiger partial charge in [-0.1, -0.05) is 39.5 Å². The lowest BCUT2D eigenvalue weighted by Crippen LogP contribution is -2.56. The maximum Gasteiger partial charge on any atom is 0.0703 e. The summed E-state index contributed by atoms with van der Waals surface area (Å²) >= 11 is 0. The number of ether oxygens (including phenoxy) is 1. The molecular weight excluding hydrogens is 198 g/mol. The van der Waals surface area contributed by atoms with Crippen LogP contribution in [0, 0.1) is 5.92 Å². The molecule has 1 saturated heterocycles. The fourth-order valence-corrected chi connectivity index (χ4v) is 3.19. The molecule has 1 saturated carbocycles. The van der Waals surface area contributed by atoms with Gasteiger partial charge >= 0.3 is 0 Å². The van der Waals surface area contributed by atoms with Crippen LogP contribution < -0.4 is 5.32 Å². The number of rotatable bonds is 4. The summed E-state index contributed by atoms with van der Waals surface area (Å²) in [6.45, 7) is 6.50. The molecule has 0 aromatic carbocycles. The Morgan fingerprint density at radius 2 is 1.88 bits per heavy atom. The lowest BCUT2D eigenvalue weighted by molar-refractivity contribution is -0.0452. The second-order valence-corrected chi connectivity index (χ2v) is 5.69. The Morgan fingerprint density at radius 3 is 2.38 bits per heavy atom. The zero-order valence-electron chi connectivity index (χ0n) is 10.9. The van der Waals surface area contributed by atoms with Gasteiger partial charge in [0.05, 0.1) is 12.7 Å². The van der Waals surface area contributed by atoms with E-state index in [9.17, 15) is 0 Å². The number of hydrogen-bond donors (Lipinski definition) is 1. The minimum absolute atomic E-state index is 0.270. The van der Waals surface area contributed by atoms with Gasteiger partial charge in [-0.3, -0.25) is 0 Å². The van der Waals surface area contributed by atoms with Crippen LogP contribution in [-0.2, 0) is 4.74 Å². The van der Waals surface area contributed by atoms with Crippen molar-refractivity contribution in [2.24, 2.45) is 5.92 Å². The van der Waals surface area contributed by atoms with E-state index >= 15 is 0 Å². The van der Waals surface area contributed by atoms with E-state index < -0.39 is 0 Å². The molecule has 2 rings (SSSR count). The molecule has 0 radical (unpaired) electrons.